The largest absolute Gasteiger partial charge is 0.467 e. The summed E-state index contributed by atoms with van der Waals surface area (Å²) in [4.78, 5) is 31.9. The summed E-state index contributed by atoms with van der Waals surface area (Å²) in [5.41, 5.74) is -1.12. The normalized spacial score (nSPS) is 11.3. The van der Waals surface area contributed by atoms with Crippen molar-refractivity contribution in [3.8, 4) is 0 Å². The third-order valence-electron chi connectivity index (χ3n) is 2.62. The van der Waals surface area contributed by atoms with Crippen molar-refractivity contribution < 1.29 is 14.3 Å². The van der Waals surface area contributed by atoms with Crippen molar-refractivity contribution in [1.29, 1.82) is 0 Å². The van der Waals surface area contributed by atoms with Gasteiger partial charge in [0.2, 0.25) is 0 Å². The van der Waals surface area contributed by atoms with E-state index in [9.17, 15) is 9.59 Å². The molecule has 1 N–H and O–H groups in total. The van der Waals surface area contributed by atoms with Crippen LogP contribution in [0.25, 0.3) is 0 Å². The van der Waals surface area contributed by atoms with Gasteiger partial charge in [-0.15, -0.1) is 0 Å². The second-order valence-electron chi connectivity index (χ2n) is 5.15. The molecule has 0 radical (unpaired) electrons. The summed E-state index contributed by atoms with van der Waals surface area (Å²) in [6.07, 6.45) is 1.38. The fourth-order valence-electron chi connectivity index (χ4n) is 1.47. The average Bonchev–Trinajstić information content (AvgIpc) is 2.37. The van der Waals surface area contributed by atoms with E-state index in [4.69, 9.17) is 11.6 Å². The smallest absolute Gasteiger partial charge is 0.330 e. The van der Waals surface area contributed by atoms with Crippen LogP contribution in [0.2, 0.25) is 5.02 Å². The Morgan fingerprint density at radius 1 is 1.40 bits per heavy atom. The molecule has 1 rings (SSSR count). The maximum atomic E-state index is 12.2. The highest BCUT2D eigenvalue weighted by molar-refractivity contribution is 6.33. The van der Waals surface area contributed by atoms with Crippen molar-refractivity contribution in [1.82, 2.24) is 15.3 Å². The maximum absolute atomic E-state index is 12.2. The van der Waals surface area contributed by atoms with Gasteiger partial charge in [-0.05, 0) is 13.8 Å². The topological polar surface area (TPSA) is 81.2 Å². The molecule has 0 saturated carbocycles. The highest BCUT2D eigenvalue weighted by Crippen LogP contribution is 2.17. The predicted octanol–water partition coefficient (Wildman–Crippen LogP) is 1.93. The van der Waals surface area contributed by atoms with Gasteiger partial charge in [-0.1, -0.05) is 25.4 Å². The number of amides is 1. The summed E-state index contributed by atoms with van der Waals surface area (Å²) in [5.74, 6) is -0.530. The van der Waals surface area contributed by atoms with Gasteiger partial charge in [-0.25, -0.2) is 14.8 Å². The van der Waals surface area contributed by atoms with Gasteiger partial charge in [0.15, 0.2) is 0 Å². The number of ether oxygens (including phenoxy) is 1. The number of esters is 1. The SMILES string of the molecule is COC(=O)C(C)(C)NC(=O)c1nc(C(C)C)ncc1Cl. The molecule has 0 bridgehead atoms. The summed E-state index contributed by atoms with van der Waals surface area (Å²) >= 11 is 5.94. The van der Waals surface area contributed by atoms with Gasteiger partial charge in [0, 0.05) is 5.92 Å². The fourth-order valence-corrected chi connectivity index (χ4v) is 1.64. The molecule has 1 amide bonds. The molecule has 0 aliphatic rings. The lowest BCUT2D eigenvalue weighted by Gasteiger charge is -2.23. The number of nitrogens with zero attached hydrogens (tertiary/aromatic N) is 2. The van der Waals surface area contributed by atoms with E-state index < -0.39 is 17.4 Å². The lowest BCUT2D eigenvalue weighted by Crippen LogP contribution is -2.50. The minimum Gasteiger partial charge on any atom is -0.467 e. The van der Waals surface area contributed by atoms with E-state index in [2.05, 4.69) is 20.0 Å². The van der Waals surface area contributed by atoms with Crippen LogP contribution >= 0.6 is 11.6 Å². The van der Waals surface area contributed by atoms with E-state index in [1.807, 2.05) is 13.8 Å². The van der Waals surface area contributed by atoms with E-state index >= 15 is 0 Å². The van der Waals surface area contributed by atoms with Crippen molar-refractivity contribution in [3.63, 3.8) is 0 Å². The lowest BCUT2D eigenvalue weighted by atomic mass is 10.1. The molecule has 0 fully saturated rings. The monoisotopic (exact) mass is 299 g/mol. The molecule has 0 unspecified atom stereocenters. The minimum atomic E-state index is -1.17. The lowest BCUT2D eigenvalue weighted by molar-refractivity contribution is -0.146. The van der Waals surface area contributed by atoms with Gasteiger partial charge in [0.05, 0.1) is 18.3 Å². The number of methoxy groups -OCH3 is 1. The molecule has 0 aromatic carbocycles. The number of halogens is 1. The fraction of sp³-hybridized carbons (Fsp3) is 0.538. The summed E-state index contributed by atoms with van der Waals surface area (Å²) in [6.45, 7) is 6.89. The molecule has 7 heteroatoms. The number of rotatable bonds is 4. The first-order valence-corrected chi connectivity index (χ1v) is 6.50. The van der Waals surface area contributed by atoms with Crippen LogP contribution in [0.15, 0.2) is 6.20 Å². The molecule has 110 valence electrons. The molecule has 1 aromatic heterocycles. The van der Waals surface area contributed by atoms with Crippen LogP contribution in [0, 0.1) is 0 Å². The standard InChI is InChI=1S/C13H18ClN3O3/c1-7(2)10-15-6-8(14)9(16-10)11(18)17-13(3,4)12(19)20-5/h6-7H,1-5H3,(H,17,18). The Hall–Kier alpha value is -1.69. The first kappa shape index (κ1) is 16.4. The van der Waals surface area contributed by atoms with Crippen molar-refractivity contribution in [2.75, 3.05) is 7.11 Å². The maximum Gasteiger partial charge on any atom is 0.330 e. The van der Waals surface area contributed by atoms with Crippen LogP contribution in [-0.2, 0) is 9.53 Å². The van der Waals surface area contributed by atoms with Gasteiger partial charge in [0.1, 0.15) is 17.1 Å². The molecule has 0 saturated heterocycles. The zero-order valence-corrected chi connectivity index (χ0v) is 12.9. The molecule has 0 aliphatic heterocycles. The van der Waals surface area contributed by atoms with E-state index in [0.717, 1.165) is 0 Å². The molecule has 20 heavy (non-hydrogen) atoms. The van der Waals surface area contributed by atoms with Gasteiger partial charge < -0.3 is 10.1 Å². The second-order valence-corrected chi connectivity index (χ2v) is 5.56. The van der Waals surface area contributed by atoms with Crippen LogP contribution in [0.3, 0.4) is 0 Å². The minimum absolute atomic E-state index is 0.0438. The second kappa shape index (κ2) is 6.17. The number of nitrogens with one attached hydrogen (secondary N) is 1. The summed E-state index contributed by atoms with van der Waals surface area (Å²) in [5, 5.41) is 2.67. The molecule has 0 atom stereocenters. The van der Waals surface area contributed by atoms with Crippen molar-refractivity contribution in [2.24, 2.45) is 0 Å². The first-order valence-electron chi connectivity index (χ1n) is 6.12. The quantitative estimate of drug-likeness (QED) is 0.859. The number of aromatic nitrogens is 2. The summed E-state index contributed by atoms with van der Waals surface area (Å²) in [6, 6.07) is 0. The number of hydrogen-bond acceptors (Lipinski definition) is 5. The average molecular weight is 300 g/mol. The van der Waals surface area contributed by atoms with Crippen LogP contribution in [0.1, 0.15) is 49.9 Å². The van der Waals surface area contributed by atoms with E-state index in [1.54, 1.807) is 0 Å². The number of carbonyl (C=O) groups excluding carboxylic acids is 2. The Kier molecular flexibility index (Phi) is 5.05. The third-order valence-corrected chi connectivity index (χ3v) is 2.89. The Labute approximate surface area is 122 Å². The van der Waals surface area contributed by atoms with Gasteiger partial charge >= 0.3 is 5.97 Å². The van der Waals surface area contributed by atoms with Gasteiger partial charge in [0.25, 0.3) is 5.91 Å². The molecule has 1 aromatic rings. The third kappa shape index (κ3) is 3.66. The van der Waals surface area contributed by atoms with Crippen molar-refractivity contribution in [3.05, 3.63) is 22.7 Å². The first-order chi connectivity index (χ1) is 9.19. The van der Waals surface area contributed by atoms with E-state index in [-0.39, 0.29) is 16.6 Å². The number of hydrogen-bond donors (Lipinski definition) is 1. The highest BCUT2D eigenvalue weighted by Gasteiger charge is 2.32. The molecular weight excluding hydrogens is 282 g/mol. The predicted molar refractivity (Wildman–Crippen MR) is 74.7 cm³/mol. The van der Waals surface area contributed by atoms with Crippen LogP contribution in [-0.4, -0.2) is 34.5 Å². The molecule has 6 nitrogen and oxygen atoms in total. The Morgan fingerprint density at radius 2 is 2.00 bits per heavy atom. The van der Waals surface area contributed by atoms with Gasteiger partial charge in [-0.3, -0.25) is 4.79 Å². The van der Waals surface area contributed by atoms with Crippen molar-refractivity contribution in [2.45, 2.75) is 39.2 Å². The van der Waals surface area contributed by atoms with Gasteiger partial charge in [-0.2, -0.15) is 0 Å². The molecule has 1 heterocycles. The number of carbonyl (C=O) groups is 2. The molecule has 0 spiro atoms. The molecular formula is C13H18ClN3O3. The zero-order chi connectivity index (χ0) is 15.5. The zero-order valence-electron chi connectivity index (χ0n) is 12.2. The Bertz CT molecular complexity index is 530. The van der Waals surface area contributed by atoms with E-state index in [0.29, 0.717) is 5.82 Å². The van der Waals surface area contributed by atoms with E-state index in [1.165, 1.54) is 27.2 Å². The van der Waals surface area contributed by atoms with Crippen molar-refractivity contribution >= 4 is 23.5 Å². The summed E-state index contributed by atoms with van der Waals surface area (Å²) < 4.78 is 4.62. The highest BCUT2D eigenvalue weighted by atomic mass is 35.5. The Morgan fingerprint density at radius 3 is 2.50 bits per heavy atom. The summed E-state index contributed by atoms with van der Waals surface area (Å²) in [7, 11) is 1.25. The van der Waals surface area contributed by atoms with Crippen LogP contribution in [0.5, 0.6) is 0 Å². The Balaban J connectivity index is 3.04. The van der Waals surface area contributed by atoms with Crippen LogP contribution < -0.4 is 5.32 Å². The molecule has 0 aliphatic carbocycles. The van der Waals surface area contributed by atoms with Crippen LogP contribution in [0.4, 0.5) is 0 Å².